The molecular formula is C31H32N2O7S. The average Bonchev–Trinajstić information content (AvgIpc) is 3.25. The van der Waals surface area contributed by atoms with E-state index in [-0.39, 0.29) is 30.5 Å². The number of aromatic nitrogens is 1. The van der Waals surface area contributed by atoms with Crippen LogP contribution in [0.3, 0.4) is 0 Å². The molecule has 10 heteroatoms. The van der Waals surface area contributed by atoms with Gasteiger partial charge in [-0.3, -0.25) is 9.36 Å². The summed E-state index contributed by atoms with van der Waals surface area (Å²) < 4.78 is 30.0. The number of para-hydroxylation sites is 1. The third kappa shape index (κ3) is 6.00. The van der Waals surface area contributed by atoms with Crippen LogP contribution in [0, 0.1) is 12.3 Å². The van der Waals surface area contributed by atoms with E-state index in [1.165, 1.54) is 23.0 Å². The van der Waals surface area contributed by atoms with Crippen molar-refractivity contribution in [3.63, 3.8) is 0 Å². The SMILES string of the molecule is C#CCOc1c(/C=c2/sc3n(c2=O)[C@H](c2ccc(OC(C)C)c(OC)c2)C(C(=O)OCC)=C(C)N=3)cccc1OC. The number of fused-ring (bicyclic) bond motifs is 1. The Kier molecular flexibility index (Phi) is 9.20. The molecule has 0 amide bonds. The molecule has 0 aliphatic carbocycles. The highest BCUT2D eigenvalue weighted by atomic mass is 32.1. The standard InChI is InChI=1S/C31H32N2O7S/c1-8-15-39-28-21(11-10-12-23(28)36-6)17-25-29(34)33-27(20-13-14-22(40-18(3)4)24(16-20)37-7)26(30(35)38-9-2)19(5)32-31(33)41-25/h1,10-14,16-18,27H,9,15H2,2-7H3/b25-17+/t27-/m1/s1. The van der Waals surface area contributed by atoms with Gasteiger partial charge in [-0.05, 0) is 57.5 Å². The van der Waals surface area contributed by atoms with Crippen LogP contribution in [0.2, 0.25) is 0 Å². The van der Waals surface area contributed by atoms with Gasteiger partial charge in [-0.15, -0.1) is 6.42 Å². The highest BCUT2D eigenvalue weighted by molar-refractivity contribution is 7.07. The molecule has 0 bridgehead atoms. The van der Waals surface area contributed by atoms with Gasteiger partial charge in [0.1, 0.15) is 6.61 Å². The zero-order valence-electron chi connectivity index (χ0n) is 23.8. The van der Waals surface area contributed by atoms with Gasteiger partial charge in [-0.25, -0.2) is 9.79 Å². The van der Waals surface area contributed by atoms with Crippen molar-refractivity contribution in [2.45, 2.75) is 39.8 Å². The third-order valence-corrected chi connectivity index (χ3v) is 7.18. The minimum atomic E-state index is -0.808. The number of esters is 1. The highest BCUT2D eigenvalue weighted by Crippen LogP contribution is 2.37. The van der Waals surface area contributed by atoms with Gasteiger partial charge in [0.05, 0.1) is 48.8 Å². The summed E-state index contributed by atoms with van der Waals surface area (Å²) in [6.07, 6.45) is 7.04. The van der Waals surface area contributed by atoms with E-state index in [9.17, 15) is 9.59 Å². The van der Waals surface area contributed by atoms with Crippen molar-refractivity contribution >= 4 is 23.4 Å². The average molecular weight is 577 g/mol. The van der Waals surface area contributed by atoms with Crippen LogP contribution in [0.4, 0.5) is 0 Å². The molecule has 0 saturated heterocycles. The van der Waals surface area contributed by atoms with E-state index in [0.717, 1.165) is 0 Å². The fraction of sp³-hybridized carbons (Fsp3) is 0.323. The molecule has 0 fully saturated rings. The summed E-state index contributed by atoms with van der Waals surface area (Å²) in [6.45, 7) is 7.50. The van der Waals surface area contributed by atoms with Crippen molar-refractivity contribution in [3.8, 4) is 35.3 Å². The number of ether oxygens (including phenoxy) is 5. The summed E-state index contributed by atoms with van der Waals surface area (Å²) in [5.74, 6) is 3.83. The van der Waals surface area contributed by atoms with Crippen LogP contribution in [-0.4, -0.2) is 44.1 Å². The number of hydrogen-bond donors (Lipinski definition) is 0. The lowest BCUT2D eigenvalue weighted by Gasteiger charge is -2.25. The zero-order valence-corrected chi connectivity index (χ0v) is 24.7. The smallest absolute Gasteiger partial charge is 0.338 e. The Bertz CT molecular complexity index is 1710. The van der Waals surface area contributed by atoms with Crippen LogP contribution < -0.4 is 33.8 Å². The highest BCUT2D eigenvalue weighted by Gasteiger charge is 2.34. The van der Waals surface area contributed by atoms with E-state index in [0.29, 0.717) is 49.2 Å². The van der Waals surface area contributed by atoms with Crippen molar-refractivity contribution in [1.29, 1.82) is 0 Å². The number of carbonyl (C=O) groups is 1. The molecule has 1 aliphatic heterocycles. The number of benzene rings is 2. The molecule has 0 N–H and O–H groups in total. The molecule has 0 radical (unpaired) electrons. The van der Waals surface area contributed by atoms with Crippen LogP contribution in [0.15, 0.2) is 57.5 Å². The molecule has 1 aromatic heterocycles. The molecule has 0 spiro atoms. The van der Waals surface area contributed by atoms with Gasteiger partial charge in [0.2, 0.25) is 0 Å². The second-order valence-electron chi connectivity index (χ2n) is 9.25. The quantitative estimate of drug-likeness (QED) is 0.269. The zero-order chi connectivity index (χ0) is 29.7. The number of thiazole rings is 1. The Balaban J connectivity index is 1.96. The minimum absolute atomic E-state index is 0.0307. The number of carbonyl (C=O) groups excluding carboxylic acids is 1. The Morgan fingerprint density at radius 2 is 1.93 bits per heavy atom. The van der Waals surface area contributed by atoms with E-state index >= 15 is 0 Å². The van der Waals surface area contributed by atoms with Crippen LogP contribution >= 0.6 is 11.3 Å². The maximum Gasteiger partial charge on any atom is 0.338 e. The Morgan fingerprint density at radius 3 is 2.59 bits per heavy atom. The number of methoxy groups -OCH3 is 2. The van der Waals surface area contributed by atoms with Crippen molar-refractivity contribution < 1.29 is 28.5 Å². The first kappa shape index (κ1) is 29.5. The minimum Gasteiger partial charge on any atom is -0.493 e. The molecule has 2 aromatic carbocycles. The summed E-state index contributed by atoms with van der Waals surface area (Å²) in [4.78, 5) is 32.3. The molecule has 4 rings (SSSR count). The lowest BCUT2D eigenvalue weighted by atomic mass is 9.95. The maximum absolute atomic E-state index is 14.0. The van der Waals surface area contributed by atoms with Crippen LogP contribution in [0.5, 0.6) is 23.0 Å². The Labute approximate surface area is 242 Å². The Morgan fingerprint density at radius 1 is 1.17 bits per heavy atom. The number of rotatable bonds is 10. The predicted octanol–water partition coefficient (Wildman–Crippen LogP) is 3.61. The van der Waals surface area contributed by atoms with Crippen LogP contribution in [0.1, 0.15) is 44.9 Å². The monoisotopic (exact) mass is 576 g/mol. The predicted molar refractivity (Wildman–Crippen MR) is 156 cm³/mol. The fourth-order valence-corrected chi connectivity index (χ4v) is 5.57. The molecule has 9 nitrogen and oxygen atoms in total. The first-order valence-corrected chi connectivity index (χ1v) is 13.8. The molecule has 214 valence electrons. The summed E-state index contributed by atoms with van der Waals surface area (Å²) in [5, 5.41) is 0. The summed E-state index contributed by atoms with van der Waals surface area (Å²) in [5.41, 5.74) is 1.65. The fourth-order valence-electron chi connectivity index (χ4n) is 4.53. The normalized spacial score (nSPS) is 14.7. The summed E-state index contributed by atoms with van der Waals surface area (Å²) >= 11 is 1.20. The topological polar surface area (TPSA) is 97.6 Å². The molecule has 41 heavy (non-hydrogen) atoms. The molecule has 2 heterocycles. The second-order valence-corrected chi connectivity index (χ2v) is 10.3. The van der Waals surface area contributed by atoms with Gasteiger partial charge < -0.3 is 23.7 Å². The van der Waals surface area contributed by atoms with E-state index in [2.05, 4.69) is 10.9 Å². The van der Waals surface area contributed by atoms with Gasteiger partial charge in [0.15, 0.2) is 27.8 Å². The number of hydrogen-bond acceptors (Lipinski definition) is 9. The number of terminal acetylenes is 1. The van der Waals surface area contributed by atoms with E-state index in [4.69, 9.17) is 30.1 Å². The summed E-state index contributed by atoms with van der Waals surface area (Å²) in [7, 11) is 3.07. The molecule has 1 atom stereocenters. The molecule has 3 aromatic rings. The number of nitrogens with zero attached hydrogens (tertiary/aromatic N) is 2. The number of allylic oxidation sites excluding steroid dienone is 1. The molecular weight excluding hydrogens is 544 g/mol. The van der Waals surface area contributed by atoms with Gasteiger partial charge >= 0.3 is 5.97 Å². The molecule has 0 unspecified atom stereocenters. The Hall–Kier alpha value is -4.49. The third-order valence-electron chi connectivity index (χ3n) is 6.20. The van der Waals surface area contributed by atoms with E-state index in [1.807, 2.05) is 19.9 Å². The van der Waals surface area contributed by atoms with Crippen molar-refractivity contribution in [1.82, 2.24) is 4.57 Å². The summed E-state index contributed by atoms with van der Waals surface area (Å²) in [6, 6.07) is 9.89. The van der Waals surface area contributed by atoms with Crippen molar-refractivity contribution in [2.24, 2.45) is 4.99 Å². The largest absolute Gasteiger partial charge is 0.493 e. The lowest BCUT2D eigenvalue weighted by Crippen LogP contribution is -2.40. The maximum atomic E-state index is 14.0. The van der Waals surface area contributed by atoms with Crippen LogP contribution in [0.25, 0.3) is 6.08 Å². The van der Waals surface area contributed by atoms with Crippen molar-refractivity contribution in [3.05, 3.63) is 78.5 Å². The molecule has 0 saturated carbocycles. The van der Waals surface area contributed by atoms with Crippen molar-refractivity contribution in [2.75, 3.05) is 27.4 Å². The van der Waals surface area contributed by atoms with E-state index in [1.54, 1.807) is 57.4 Å². The van der Waals surface area contributed by atoms with Crippen LogP contribution in [-0.2, 0) is 9.53 Å². The van der Waals surface area contributed by atoms with Gasteiger partial charge in [0.25, 0.3) is 5.56 Å². The van der Waals surface area contributed by atoms with Gasteiger partial charge in [-0.2, -0.15) is 0 Å². The van der Waals surface area contributed by atoms with E-state index < -0.39 is 12.0 Å². The first-order chi connectivity index (χ1) is 19.7. The second kappa shape index (κ2) is 12.8. The molecule has 1 aliphatic rings. The van der Waals surface area contributed by atoms with Gasteiger partial charge in [0, 0.05) is 5.56 Å². The van der Waals surface area contributed by atoms with Gasteiger partial charge in [-0.1, -0.05) is 35.5 Å². The lowest BCUT2D eigenvalue weighted by molar-refractivity contribution is -0.139. The first-order valence-electron chi connectivity index (χ1n) is 13.0.